The van der Waals surface area contributed by atoms with Gasteiger partial charge in [-0.15, -0.1) is 23.4 Å². The molecule has 2 aliphatic rings. The Morgan fingerprint density at radius 3 is 2.59 bits per heavy atom. The minimum Gasteiger partial charge on any atom is -0.459 e. The molecular formula is C25H25ClN2O3S. The third-order valence-electron chi connectivity index (χ3n) is 6.65. The fourth-order valence-electron chi connectivity index (χ4n) is 4.84. The number of furan rings is 1. The molecule has 0 aliphatic carbocycles. The summed E-state index contributed by atoms with van der Waals surface area (Å²) in [5, 5.41) is 2.38. The van der Waals surface area contributed by atoms with Crippen LogP contribution in [0.3, 0.4) is 0 Å². The average molecular weight is 469 g/mol. The van der Waals surface area contributed by atoms with Gasteiger partial charge in [-0.25, -0.2) is 0 Å². The summed E-state index contributed by atoms with van der Waals surface area (Å²) in [6, 6.07) is 16.5. The van der Waals surface area contributed by atoms with Gasteiger partial charge < -0.3 is 14.2 Å². The Balaban J connectivity index is 1.38. The van der Waals surface area contributed by atoms with Gasteiger partial charge in [0.25, 0.3) is 0 Å². The van der Waals surface area contributed by atoms with E-state index in [-0.39, 0.29) is 22.6 Å². The molecule has 1 aromatic heterocycles. The Kier molecular flexibility index (Phi) is 5.68. The minimum absolute atomic E-state index is 0.00561. The molecule has 0 saturated carbocycles. The standard InChI is InChI=1S/C25H25ClN2O3S/c1-17-6-8-21(20-5-3-2-4-19(17)20)22-9-7-18(31-22)15-28-24(30)16-32-25(28)10-12-27(13-11-25)23(29)14-26/h2-9H,10-16H2,1H3. The van der Waals surface area contributed by atoms with Gasteiger partial charge in [0.2, 0.25) is 11.8 Å². The molecule has 2 amide bonds. The zero-order valence-electron chi connectivity index (χ0n) is 18.0. The van der Waals surface area contributed by atoms with Crippen molar-refractivity contribution in [1.29, 1.82) is 0 Å². The summed E-state index contributed by atoms with van der Waals surface area (Å²) in [5.41, 5.74) is 2.29. The molecule has 0 bridgehead atoms. The first-order chi connectivity index (χ1) is 15.5. The summed E-state index contributed by atoms with van der Waals surface area (Å²) in [6.07, 6.45) is 1.50. The largest absolute Gasteiger partial charge is 0.459 e. The highest BCUT2D eigenvalue weighted by Crippen LogP contribution is 2.45. The van der Waals surface area contributed by atoms with Crippen molar-refractivity contribution in [3.8, 4) is 11.3 Å². The molecule has 0 N–H and O–H groups in total. The Hall–Kier alpha value is -2.44. The second-order valence-electron chi connectivity index (χ2n) is 8.47. The van der Waals surface area contributed by atoms with E-state index >= 15 is 0 Å². The molecule has 1 spiro atoms. The molecule has 0 atom stereocenters. The highest BCUT2D eigenvalue weighted by atomic mass is 35.5. The maximum absolute atomic E-state index is 12.8. The summed E-state index contributed by atoms with van der Waals surface area (Å²) in [7, 11) is 0. The monoisotopic (exact) mass is 468 g/mol. The van der Waals surface area contributed by atoms with Crippen LogP contribution in [0.15, 0.2) is 52.9 Å². The van der Waals surface area contributed by atoms with Gasteiger partial charge in [0.15, 0.2) is 0 Å². The quantitative estimate of drug-likeness (QED) is 0.503. The van der Waals surface area contributed by atoms with Crippen LogP contribution in [0.2, 0.25) is 0 Å². The van der Waals surface area contributed by atoms with Crippen molar-refractivity contribution < 1.29 is 14.0 Å². The number of benzene rings is 2. The molecular weight excluding hydrogens is 444 g/mol. The van der Waals surface area contributed by atoms with Crippen LogP contribution in [-0.2, 0) is 16.1 Å². The zero-order valence-corrected chi connectivity index (χ0v) is 19.5. The summed E-state index contributed by atoms with van der Waals surface area (Å²) in [4.78, 5) is 28.2. The molecule has 0 radical (unpaired) electrons. The molecule has 5 nitrogen and oxygen atoms in total. The number of thioether (sulfide) groups is 1. The second kappa shape index (κ2) is 8.49. The van der Waals surface area contributed by atoms with Crippen LogP contribution < -0.4 is 0 Å². The van der Waals surface area contributed by atoms with Crippen LogP contribution in [-0.4, -0.2) is 51.2 Å². The van der Waals surface area contributed by atoms with Crippen LogP contribution >= 0.6 is 23.4 Å². The summed E-state index contributed by atoms with van der Waals surface area (Å²) in [5.74, 6) is 2.16. The van der Waals surface area contributed by atoms with Crippen molar-refractivity contribution >= 4 is 45.9 Å². The molecule has 2 aromatic carbocycles. The first kappa shape index (κ1) is 21.4. The van der Waals surface area contributed by atoms with E-state index in [0.29, 0.717) is 25.4 Å². The zero-order chi connectivity index (χ0) is 22.3. The molecule has 2 saturated heterocycles. The van der Waals surface area contributed by atoms with Crippen molar-refractivity contribution in [1.82, 2.24) is 9.80 Å². The van der Waals surface area contributed by atoms with Gasteiger partial charge in [-0.2, -0.15) is 0 Å². The summed E-state index contributed by atoms with van der Waals surface area (Å²) < 4.78 is 6.25. The van der Waals surface area contributed by atoms with Gasteiger partial charge in [0.05, 0.1) is 17.2 Å². The van der Waals surface area contributed by atoms with Gasteiger partial charge in [-0.3, -0.25) is 9.59 Å². The second-order valence-corrected chi connectivity index (χ2v) is 10.1. The maximum Gasteiger partial charge on any atom is 0.237 e. The number of piperidine rings is 1. The van der Waals surface area contributed by atoms with Crippen LogP contribution in [0, 0.1) is 6.92 Å². The molecule has 0 unspecified atom stereocenters. The number of carbonyl (C=O) groups excluding carboxylic acids is 2. The minimum atomic E-state index is -0.274. The average Bonchev–Trinajstić information content (AvgIpc) is 3.40. The number of hydrogen-bond donors (Lipinski definition) is 0. The van der Waals surface area contributed by atoms with Crippen molar-refractivity contribution in [3.05, 3.63) is 59.9 Å². The van der Waals surface area contributed by atoms with Crippen molar-refractivity contribution in [2.24, 2.45) is 0 Å². The maximum atomic E-state index is 12.8. The Labute approximate surface area is 196 Å². The number of rotatable bonds is 4. The number of carbonyl (C=O) groups is 2. The number of nitrogens with zero attached hydrogens (tertiary/aromatic N) is 2. The molecule has 3 heterocycles. The number of aryl methyl sites for hydroxylation is 1. The Bertz CT molecular complexity index is 1180. The number of halogens is 1. The van der Waals surface area contributed by atoms with E-state index in [9.17, 15) is 9.59 Å². The SMILES string of the molecule is Cc1ccc(-c2ccc(CN3C(=O)CSC34CCN(C(=O)CCl)CC4)o2)c2ccccc12. The van der Waals surface area contributed by atoms with Crippen LogP contribution in [0.25, 0.3) is 22.1 Å². The van der Waals surface area contributed by atoms with E-state index in [0.717, 1.165) is 35.3 Å². The first-order valence-corrected chi connectivity index (χ1v) is 12.4. The van der Waals surface area contributed by atoms with Gasteiger partial charge in [0, 0.05) is 18.7 Å². The number of fused-ring (bicyclic) bond motifs is 1. The van der Waals surface area contributed by atoms with E-state index in [2.05, 4.69) is 37.3 Å². The molecule has 2 aliphatic heterocycles. The summed E-state index contributed by atoms with van der Waals surface area (Å²) >= 11 is 7.41. The van der Waals surface area contributed by atoms with E-state index in [1.807, 2.05) is 23.1 Å². The Morgan fingerprint density at radius 1 is 1.09 bits per heavy atom. The lowest BCUT2D eigenvalue weighted by Crippen LogP contribution is -2.52. The van der Waals surface area contributed by atoms with E-state index in [1.165, 1.54) is 10.9 Å². The van der Waals surface area contributed by atoms with E-state index in [1.54, 1.807) is 16.7 Å². The van der Waals surface area contributed by atoms with Gasteiger partial charge in [0.1, 0.15) is 17.4 Å². The van der Waals surface area contributed by atoms with E-state index in [4.69, 9.17) is 16.0 Å². The lowest BCUT2D eigenvalue weighted by Gasteiger charge is -2.43. The molecule has 7 heteroatoms. The number of amides is 2. The van der Waals surface area contributed by atoms with Crippen LogP contribution in [0.5, 0.6) is 0 Å². The topological polar surface area (TPSA) is 53.8 Å². The summed E-state index contributed by atoms with van der Waals surface area (Å²) in [6.45, 7) is 3.81. The lowest BCUT2D eigenvalue weighted by atomic mass is 9.99. The predicted octanol–water partition coefficient (Wildman–Crippen LogP) is 5.04. The van der Waals surface area contributed by atoms with Crippen molar-refractivity contribution in [2.75, 3.05) is 24.7 Å². The van der Waals surface area contributed by atoms with Gasteiger partial charge in [-0.1, -0.05) is 36.4 Å². The van der Waals surface area contributed by atoms with Gasteiger partial charge >= 0.3 is 0 Å². The van der Waals surface area contributed by atoms with Crippen LogP contribution in [0.4, 0.5) is 0 Å². The number of likely N-dealkylation sites (tertiary alicyclic amines) is 1. The molecule has 32 heavy (non-hydrogen) atoms. The Morgan fingerprint density at radius 2 is 1.84 bits per heavy atom. The van der Waals surface area contributed by atoms with Crippen molar-refractivity contribution in [3.63, 3.8) is 0 Å². The van der Waals surface area contributed by atoms with Gasteiger partial charge in [-0.05, 0) is 48.2 Å². The van der Waals surface area contributed by atoms with E-state index < -0.39 is 0 Å². The fourth-order valence-corrected chi connectivity index (χ4v) is 6.35. The molecule has 166 valence electrons. The third kappa shape index (κ3) is 3.69. The van der Waals surface area contributed by atoms with Crippen LogP contribution in [0.1, 0.15) is 24.2 Å². The lowest BCUT2D eigenvalue weighted by molar-refractivity contribution is -0.134. The molecule has 3 aromatic rings. The first-order valence-electron chi connectivity index (χ1n) is 10.9. The number of hydrogen-bond acceptors (Lipinski definition) is 4. The van der Waals surface area contributed by atoms with Crippen molar-refractivity contribution in [2.45, 2.75) is 31.2 Å². The third-order valence-corrected chi connectivity index (χ3v) is 8.44. The number of alkyl halides is 1. The highest BCUT2D eigenvalue weighted by molar-refractivity contribution is 8.01. The smallest absolute Gasteiger partial charge is 0.237 e. The highest BCUT2D eigenvalue weighted by Gasteiger charge is 2.48. The fraction of sp³-hybridized carbons (Fsp3) is 0.360. The predicted molar refractivity (Wildman–Crippen MR) is 129 cm³/mol. The molecule has 5 rings (SSSR count). The normalized spacial score (nSPS) is 18.1. The molecule has 2 fully saturated rings.